The van der Waals surface area contributed by atoms with Crippen LogP contribution in [0.4, 0.5) is 0 Å². The molecule has 0 saturated heterocycles. The maximum atomic E-state index is 12.1. The summed E-state index contributed by atoms with van der Waals surface area (Å²) in [5, 5.41) is 0.774. The average Bonchev–Trinajstić information content (AvgIpc) is 2.65. The van der Waals surface area contributed by atoms with Crippen molar-refractivity contribution in [2.45, 2.75) is 4.21 Å². The van der Waals surface area contributed by atoms with E-state index in [9.17, 15) is 4.79 Å². The van der Waals surface area contributed by atoms with Crippen molar-refractivity contribution in [3.63, 3.8) is 0 Å². The van der Waals surface area contributed by atoms with E-state index in [0.717, 1.165) is 25.8 Å². The third kappa shape index (κ3) is 4.79. The van der Waals surface area contributed by atoms with Crippen molar-refractivity contribution in [3.05, 3.63) is 64.8 Å². The molecule has 0 bridgehead atoms. The van der Waals surface area contributed by atoms with E-state index in [-0.39, 0.29) is 5.43 Å². The lowest BCUT2D eigenvalue weighted by molar-refractivity contribution is 0.368. The molecule has 3 aromatic rings. The quantitative estimate of drug-likeness (QED) is 0.492. The first-order chi connectivity index (χ1) is 12.3. The van der Waals surface area contributed by atoms with E-state index in [1.165, 1.54) is 0 Å². The van der Waals surface area contributed by atoms with E-state index in [0.29, 0.717) is 12.4 Å². The summed E-state index contributed by atoms with van der Waals surface area (Å²) in [6.45, 7) is 0.334. The Bertz CT molecular complexity index is 966. The number of hydrogen-bond acceptors (Lipinski definition) is 5. The first-order valence-corrected chi connectivity index (χ1v) is 9.45. The molecular formula is C20H16O3S2. The maximum absolute atomic E-state index is 12.1. The number of benzene rings is 2. The van der Waals surface area contributed by atoms with Crippen LogP contribution in [-0.2, 0) is 0 Å². The Balaban J connectivity index is 1.51. The molecule has 3 nitrogen and oxygen atoms in total. The van der Waals surface area contributed by atoms with Crippen LogP contribution in [0.1, 0.15) is 0 Å². The number of rotatable bonds is 5. The molecule has 5 heteroatoms. The third-order valence-corrected chi connectivity index (χ3v) is 5.58. The Labute approximate surface area is 154 Å². The lowest BCUT2D eigenvalue weighted by atomic mass is 10.2. The average molecular weight is 368 g/mol. The van der Waals surface area contributed by atoms with Crippen molar-refractivity contribution in [3.8, 4) is 23.3 Å². The Morgan fingerprint density at radius 1 is 1.04 bits per heavy atom. The van der Waals surface area contributed by atoms with Gasteiger partial charge in [0.15, 0.2) is 5.43 Å². The van der Waals surface area contributed by atoms with Gasteiger partial charge in [0.05, 0.1) is 17.1 Å². The molecule has 0 fully saturated rings. The summed E-state index contributed by atoms with van der Waals surface area (Å²) in [4.78, 5) is 12.1. The summed E-state index contributed by atoms with van der Waals surface area (Å²) < 4.78 is 12.6. The summed E-state index contributed by atoms with van der Waals surface area (Å²) >= 11 is 3.19. The van der Waals surface area contributed by atoms with Gasteiger partial charge in [-0.05, 0) is 36.4 Å². The molecule has 0 aliphatic heterocycles. The van der Waals surface area contributed by atoms with Crippen LogP contribution in [0, 0.1) is 11.8 Å². The number of methoxy groups -OCH3 is 1. The number of fused-ring (bicyclic) bond motifs is 1. The number of thioether (sulfide) groups is 1. The Hall–Kier alpha value is -2.42. The van der Waals surface area contributed by atoms with E-state index in [1.54, 1.807) is 36.3 Å². The lowest BCUT2D eigenvalue weighted by Crippen LogP contribution is -1.98. The molecule has 0 spiro atoms. The highest BCUT2D eigenvalue weighted by Gasteiger charge is 2.02. The van der Waals surface area contributed by atoms with E-state index in [2.05, 4.69) is 11.8 Å². The van der Waals surface area contributed by atoms with Crippen LogP contribution in [0.5, 0.6) is 11.5 Å². The van der Waals surface area contributed by atoms with E-state index in [4.69, 9.17) is 9.47 Å². The van der Waals surface area contributed by atoms with Gasteiger partial charge in [-0.15, -0.1) is 23.1 Å². The predicted molar refractivity (Wildman–Crippen MR) is 105 cm³/mol. The molecule has 0 saturated carbocycles. The van der Waals surface area contributed by atoms with Crippen LogP contribution in [0.15, 0.2) is 63.6 Å². The van der Waals surface area contributed by atoms with Crippen LogP contribution in [0.3, 0.4) is 0 Å². The third-order valence-electron chi connectivity index (χ3n) is 3.39. The molecule has 1 aromatic heterocycles. The molecule has 2 aromatic carbocycles. The van der Waals surface area contributed by atoms with Crippen molar-refractivity contribution in [2.75, 3.05) is 19.5 Å². The Morgan fingerprint density at radius 3 is 2.60 bits per heavy atom. The van der Waals surface area contributed by atoms with Gasteiger partial charge in [0.2, 0.25) is 0 Å². The van der Waals surface area contributed by atoms with Crippen LogP contribution >= 0.6 is 23.1 Å². The fourth-order valence-corrected chi connectivity index (χ4v) is 4.15. The fourth-order valence-electron chi connectivity index (χ4n) is 2.15. The van der Waals surface area contributed by atoms with Crippen molar-refractivity contribution in [1.29, 1.82) is 0 Å². The molecule has 0 aliphatic rings. The van der Waals surface area contributed by atoms with Gasteiger partial charge in [-0.1, -0.05) is 24.0 Å². The van der Waals surface area contributed by atoms with Gasteiger partial charge in [-0.25, -0.2) is 0 Å². The molecule has 0 aliphatic carbocycles. The van der Waals surface area contributed by atoms with Gasteiger partial charge in [0.25, 0.3) is 0 Å². The van der Waals surface area contributed by atoms with Gasteiger partial charge in [-0.2, -0.15) is 0 Å². The van der Waals surface area contributed by atoms with Gasteiger partial charge in [0, 0.05) is 16.2 Å². The second-order valence-corrected chi connectivity index (χ2v) is 7.39. The summed E-state index contributed by atoms with van der Waals surface area (Å²) in [5.74, 6) is 8.23. The number of hydrogen-bond donors (Lipinski definition) is 0. The highest BCUT2D eigenvalue weighted by molar-refractivity contribution is 8.01. The first kappa shape index (κ1) is 17.4. The van der Waals surface area contributed by atoms with Gasteiger partial charge in [0.1, 0.15) is 18.1 Å². The topological polar surface area (TPSA) is 35.5 Å². The zero-order valence-electron chi connectivity index (χ0n) is 13.7. The molecule has 3 rings (SSSR count). The molecular weight excluding hydrogens is 352 g/mol. The predicted octanol–water partition coefficient (Wildman–Crippen LogP) is 4.44. The molecule has 0 radical (unpaired) electrons. The zero-order valence-corrected chi connectivity index (χ0v) is 15.3. The molecule has 0 unspecified atom stereocenters. The molecule has 126 valence electrons. The van der Waals surface area contributed by atoms with Crippen molar-refractivity contribution in [2.24, 2.45) is 0 Å². The monoisotopic (exact) mass is 368 g/mol. The summed E-state index contributed by atoms with van der Waals surface area (Å²) in [7, 11) is 1.63. The van der Waals surface area contributed by atoms with Crippen molar-refractivity contribution in [1.82, 2.24) is 0 Å². The normalized spacial score (nSPS) is 10.1. The number of ether oxygens (including phenoxy) is 2. The zero-order chi connectivity index (χ0) is 17.5. The van der Waals surface area contributed by atoms with Gasteiger partial charge in [-0.3, -0.25) is 4.79 Å². The van der Waals surface area contributed by atoms with E-state index >= 15 is 0 Å². The first-order valence-electron chi connectivity index (χ1n) is 7.64. The van der Waals surface area contributed by atoms with E-state index in [1.807, 2.05) is 48.5 Å². The van der Waals surface area contributed by atoms with Crippen molar-refractivity contribution < 1.29 is 9.47 Å². The standard InChI is InChI=1S/C20H16O3S2/c1-22-15-8-10-16(11-9-15)23-12-4-5-13-24-20-14-18(21)17-6-2-3-7-19(17)25-20/h2-3,6-11,14H,12-13H2,1H3. The van der Waals surface area contributed by atoms with Crippen molar-refractivity contribution >= 4 is 33.2 Å². The van der Waals surface area contributed by atoms with Gasteiger partial charge >= 0.3 is 0 Å². The molecule has 0 N–H and O–H groups in total. The molecule has 0 amide bonds. The maximum Gasteiger partial charge on any atom is 0.189 e. The highest BCUT2D eigenvalue weighted by Crippen LogP contribution is 2.26. The smallest absolute Gasteiger partial charge is 0.189 e. The minimum atomic E-state index is 0.0626. The Kier molecular flexibility index (Phi) is 5.99. The molecule has 25 heavy (non-hydrogen) atoms. The molecule has 0 atom stereocenters. The SMILES string of the molecule is COc1ccc(OCC#CCSc2cc(=O)c3ccccc3s2)cc1. The summed E-state index contributed by atoms with van der Waals surface area (Å²) in [6, 6.07) is 16.7. The van der Waals surface area contributed by atoms with Crippen LogP contribution < -0.4 is 14.9 Å². The second kappa shape index (κ2) is 8.61. The summed E-state index contributed by atoms with van der Waals surface area (Å²) in [6.07, 6.45) is 0. The summed E-state index contributed by atoms with van der Waals surface area (Å²) in [5.41, 5.74) is 0.0626. The van der Waals surface area contributed by atoms with E-state index < -0.39 is 0 Å². The van der Waals surface area contributed by atoms with Crippen LogP contribution in [-0.4, -0.2) is 19.5 Å². The molecule has 1 heterocycles. The van der Waals surface area contributed by atoms with Gasteiger partial charge < -0.3 is 9.47 Å². The van der Waals surface area contributed by atoms with Crippen LogP contribution in [0.2, 0.25) is 0 Å². The van der Waals surface area contributed by atoms with Crippen LogP contribution in [0.25, 0.3) is 10.1 Å². The minimum absolute atomic E-state index is 0.0626. The second-order valence-electron chi connectivity index (χ2n) is 5.03. The largest absolute Gasteiger partial charge is 0.497 e. The lowest BCUT2D eigenvalue weighted by Gasteiger charge is -2.03. The highest BCUT2D eigenvalue weighted by atomic mass is 32.2. The minimum Gasteiger partial charge on any atom is -0.497 e. The fraction of sp³-hybridized carbons (Fsp3) is 0.150. The Morgan fingerprint density at radius 2 is 1.80 bits per heavy atom.